The highest BCUT2D eigenvalue weighted by Crippen LogP contribution is 2.40. The molecule has 1 heteroatoms. The molecule has 1 nitrogen and oxygen atoms in total. The van der Waals surface area contributed by atoms with Crippen molar-refractivity contribution in [3.8, 4) is 16.9 Å². The van der Waals surface area contributed by atoms with Gasteiger partial charge in [0.1, 0.15) is 5.75 Å². The Morgan fingerprint density at radius 3 is 2.29 bits per heavy atom. The second kappa shape index (κ2) is 5.61. The van der Waals surface area contributed by atoms with Gasteiger partial charge in [-0.1, -0.05) is 68.4 Å². The van der Waals surface area contributed by atoms with Gasteiger partial charge in [0.05, 0.1) is 7.11 Å². The van der Waals surface area contributed by atoms with Crippen LogP contribution in [0.3, 0.4) is 0 Å². The Hall–Kier alpha value is -2.28. The highest BCUT2D eigenvalue weighted by Gasteiger charge is 2.15. The van der Waals surface area contributed by atoms with Gasteiger partial charge < -0.3 is 4.74 Å². The van der Waals surface area contributed by atoms with Crippen molar-refractivity contribution in [1.29, 1.82) is 0 Å². The molecule has 106 valence electrons. The maximum atomic E-state index is 5.64. The van der Waals surface area contributed by atoms with E-state index in [0.717, 1.165) is 5.75 Å². The SMILES string of the molecule is COc1ccc2ccccc2c1-c1ccccc1C(C)C. The Morgan fingerprint density at radius 2 is 1.52 bits per heavy atom. The lowest BCUT2D eigenvalue weighted by atomic mass is 9.89. The Balaban J connectivity index is 2.39. The third-order valence-electron chi connectivity index (χ3n) is 3.96. The molecular formula is C20H20O. The average Bonchev–Trinajstić information content (AvgIpc) is 2.53. The number of rotatable bonds is 3. The van der Waals surface area contributed by atoms with Crippen LogP contribution in [0, 0.1) is 0 Å². The van der Waals surface area contributed by atoms with Gasteiger partial charge in [0.2, 0.25) is 0 Å². The van der Waals surface area contributed by atoms with E-state index in [-0.39, 0.29) is 0 Å². The molecule has 0 spiro atoms. The highest BCUT2D eigenvalue weighted by molar-refractivity contribution is 6.00. The summed E-state index contributed by atoms with van der Waals surface area (Å²) in [7, 11) is 1.74. The van der Waals surface area contributed by atoms with E-state index >= 15 is 0 Å². The second-order valence-electron chi connectivity index (χ2n) is 5.61. The van der Waals surface area contributed by atoms with Gasteiger partial charge in [-0.25, -0.2) is 0 Å². The Morgan fingerprint density at radius 1 is 0.810 bits per heavy atom. The van der Waals surface area contributed by atoms with Crippen molar-refractivity contribution in [2.75, 3.05) is 7.11 Å². The van der Waals surface area contributed by atoms with Crippen molar-refractivity contribution in [3.63, 3.8) is 0 Å². The fraction of sp³-hybridized carbons (Fsp3) is 0.200. The van der Waals surface area contributed by atoms with Crippen LogP contribution in [0.25, 0.3) is 21.9 Å². The Labute approximate surface area is 126 Å². The largest absolute Gasteiger partial charge is 0.496 e. The zero-order valence-corrected chi connectivity index (χ0v) is 12.8. The van der Waals surface area contributed by atoms with Crippen molar-refractivity contribution in [3.05, 3.63) is 66.2 Å². The lowest BCUT2D eigenvalue weighted by molar-refractivity contribution is 0.417. The van der Waals surface area contributed by atoms with E-state index in [4.69, 9.17) is 4.74 Å². The Bertz CT molecular complexity index is 772. The normalized spacial score (nSPS) is 11.0. The first-order chi connectivity index (χ1) is 10.2. The van der Waals surface area contributed by atoms with E-state index < -0.39 is 0 Å². The first kappa shape index (κ1) is 13.7. The van der Waals surface area contributed by atoms with Gasteiger partial charge in [0.25, 0.3) is 0 Å². The summed E-state index contributed by atoms with van der Waals surface area (Å²) < 4.78 is 5.64. The van der Waals surface area contributed by atoms with E-state index in [9.17, 15) is 0 Å². The topological polar surface area (TPSA) is 9.23 Å². The molecule has 21 heavy (non-hydrogen) atoms. The molecule has 0 aliphatic rings. The van der Waals surface area contributed by atoms with Gasteiger partial charge in [-0.05, 0) is 33.9 Å². The predicted octanol–water partition coefficient (Wildman–Crippen LogP) is 5.64. The molecule has 0 N–H and O–H groups in total. The Kier molecular flexibility index (Phi) is 3.66. The van der Waals surface area contributed by atoms with E-state index in [2.05, 4.69) is 74.5 Å². The number of ether oxygens (including phenoxy) is 1. The van der Waals surface area contributed by atoms with E-state index in [0.29, 0.717) is 5.92 Å². The number of fused-ring (bicyclic) bond motifs is 1. The van der Waals surface area contributed by atoms with Gasteiger partial charge >= 0.3 is 0 Å². The summed E-state index contributed by atoms with van der Waals surface area (Å²) >= 11 is 0. The minimum absolute atomic E-state index is 0.477. The highest BCUT2D eigenvalue weighted by atomic mass is 16.5. The molecule has 0 fully saturated rings. The zero-order valence-electron chi connectivity index (χ0n) is 12.8. The molecule has 0 aliphatic carbocycles. The second-order valence-corrected chi connectivity index (χ2v) is 5.61. The van der Waals surface area contributed by atoms with Crippen LogP contribution in [0.1, 0.15) is 25.3 Å². The predicted molar refractivity (Wildman–Crippen MR) is 90.0 cm³/mol. The van der Waals surface area contributed by atoms with Gasteiger partial charge in [-0.2, -0.15) is 0 Å². The van der Waals surface area contributed by atoms with Gasteiger partial charge in [-0.15, -0.1) is 0 Å². The third kappa shape index (κ3) is 2.40. The smallest absolute Gasteiger partial charge is 0.127 e. The summed E-state index contributed by atoms with van der Waals surface area (Å²) in [6.07, 6.45) is 0. The molecule has 0 bridgehead atoms. The van der Waals surface area contributed by atoms with Crippen molar-refractivity contribution in [1.82, 2.24) is 0 Å². The summed E-state index contributed by atoms with van der Waals surface area (Å²) in [6.45, 7) is 4.47. The molecule has 3 aromatic rings. The van der Waals surface area contributed by atoms with Crippen LogP contribution in [0.4, 0.5) is 0 Å². The van der Waals surface area contributed by atoms with Crippen molar-refractivity contribution in [2.45, 2.75) is 19.8 Å². The molecule has 0 amide bonds. The van der Waals surface area contributed by atoms with Gasteiger partial charge in [0.15, 0.2) is 0 Å². The fourth-order valence-electron chi connectivity index (χ4n) is 2.93. The fourth-order valence-corrected chi connectivity index (χ4v) is 2.93. The molecule has 0 unspecified atom stereocenters. The van der Waals surface area contributed by atoms with Gasteiger partial charge in [0, 0.05) is 5.56 Å². The van der Waals surface area contributed by atoms with Crippen molar-refractivity contribution < 1.29 is 4.74 Å². The molecule has 0 aromatic heterocycles. The van der Waals surface area contributed by atoms with Crippen LogP contribution >= 0.6 is 0 Å². The van der Waals surface area contributed by atoms with Gasteiger partial charge in [-0.3, -0.25) is 0 Å². The maximum Gasteiger partial charge on any atom is 0.127 e. The molecule has 0 atom stereocenters. The van der Waals surface area contributed by atoms with E-state index in [1.807, 2.05) is 0 Å². The zero-order chi connectivity index (χ0) is 14.8. The van der Waals surface area contributed by atoms with Crippen LogP contribution in [0.2, 0.25) is 0 Å². The molecule has 0 radical (unpaired) electrons. The molecule has 0 saturated heterocycles. The average molecular weight is 276 g/mol. The van der Waals surface area contributed by atoms with Crippen LogP contribution in [0.5, 0.6) is 5.75 Å². The van der Waals surface area contributed by atoms with Crippen LogP contribution in [0.15, 0.2) is 60.7 Å². The van der Waals surface area contributed by atoms with Crippen LogP contribution in [-0.2, 0) is 0 Å². The van der Waals surface area contributed by atoms with Crippen molar-refractivity contribution in [2.24, 2.45) is 0 Å². The molecule has 0 saturated carbocycles. The summed E-state index contributed by atoms with van der Waals surface area (Å²) in [5, 5.41) is 2.48. The monoisotopic (exact) mass is 276 g/mol. The maximum absolute atomic E-state index is 5.64. The van der Waals surface area contributed by atoms with Crippen LogP contribution in [-0.4, -0.2) is 7.11 Å². The van der Waals surface area contributed by atoms with Crippen molar-refractivity contribution >= 4 is 10.8 Å². The number of hydrogen-bond donors (Lipinski definition) is 0. The summed E-state index contributed by atoms with van der Waals surface area (Å²) in [6, 6.07) is 21.3. The van der Waals surface area contributed by atoms with Crippen LogP contribution < -0.4 is 4.74 Å². The number of hydrogen-bond acceptors (Lipinski definition) is 1. The standard InChI is InChI=1S/C20H20O/c1-14(2)16-9-6-7-11-18(16)20-17-10-5-4-8-15(17)12-13-19(20)21-3/h4-14H,1-3H3. The molecule has 3 aromatic carbocycles. The number of methoxy groups -OCH3 is 1. The molecule has 0 heterocycles. The minimum Gasteiger partial charge on any atom is -0.496 e. The summed E-state index contributed by atoms with van der Waals surface area (Å²) in [5.41, 5.74) is 3.81. The quantitative estimate of drug-likeness (QED) is 0.601. The first-order valence-corrected chi connectivity index (χ1v) is 7.37. The third-order valence-corrected chi connectivity index (χ3v) is 3.96. The molecule has 0 aliphatic heterocycles. The van der Waals surface area contributed by atoms with E-state index in [1.54, 1.807) is 7.11 Å². The number of benzene rings is 3. The lowest BCUT2D eigenvalue weighted by Crippen LogP contribution is -1.95. The lowest BCUT2D eigenvalue weighted by Gasteiger charge is -2.17. The summed E-state index contributed by atoms with van der Waals surface area (Å²) in [5.74, 6) is 1.41. The minimum atomic E-state index is 0.477. The first-order valence-electron chi connectivity index (χ1n) is 7.37. The molecular weight excluding hydrogens is 256 g/mol. The summed E-state index contributed by atoms with van der Waals surface area (Å²) in [4.78, 5) is 0. The molecule has 3 rings (SSSR count). The van der Waals surface area contributed by atoms with E-state index in [1.165, 1.54) is 27.5 Å².